The van der Waals surface area contributed by atoms with Gasteiger partial charge in [-0.3, -0.25) is 4.98 Å². The van der Waals surface area contributed by atoms with Gasteiger partial charge in [0.15, 0.2) is 5.82 Å². The molecule has 9 aromatic rings. The first-order valence-corrected chi connectivity index (χ1v) is 15.9. The van der Waals surface area contributed by atoms with Crippen LogP contribution in [0.1, 0.15) is 0 Å². The van der Waals surface area contributed by atoms with Gasteiger partial charge in [-0.25, -0.2) is 15.0 Å². The van der Waals surface area contributed by atoms with Gasteiger partial charge < -0.3 is 4.74 Å². The molecule has 0 fully saturated rings. The minimum Gasteiger partial charge on any atom is -0.497 e. The molecule has 7 aromatic carbocycles. The molecule has 0 saturated heterocycles. The van der Waals surface area contributed by atoms with Gasteiger partial charge in [0, 0.05) is 11.8 Å². The largest absolute Gasteiger partial charge is 0.497 e. The fourth-order valence-corrected chi connectivity index (χ4v) is 6.89. The van der Waals surface area contributed by atoms with Crippen LogP contribution in [0.5, 0.6) is 5.75 Å². The molecule has 0 radical (unpaired) electrons. The van der Waals surface area contributed by atoms with Gasteiger partial charge in [0.2, 0.25) is 0 Å². The van der Waals surface area contributed by atoms with Crippen molar-refractivity contribution < 1.29 is 4.74 Å². The van der Waals surface area contributed by atoms with Gasteiger partial charge in [-0.05, 0) is 107 Å². The number of benzene rings is 7. The van der Waals surface area contributed by atoms with Gasteiger partial charge in [-0.15, -0.1) is 0 Å². The molecule has 0 saturated carbocycles. The molecular weight excluding hydrogens is 589 g/mol. The molecule has 0 aliphatic rings. The average Bonchev–Trinajstić information content (AvgIpc) is 3.16. The molecule has 226 valence electrons. The first-order chi connectivity index (χ1) is 23.7. The Bertz CT molecular complexity index is 2650. The lowest BCUT2D eigenvalue weighted by molar-refractivity contribution is 0.415. The van der Waals surface area contributed by atoms with Crippen molar-refractivity contribution in [2.45, 2.75) is 0 Å². The van der Waals surface area contributed by atoms with Crippen molar-refractivity contribution in [1.82, 2.24) is 19.9 Å². The van der Waals surface area contributed by atoms with E-state index < -0.39 is 0 Å². The summed E-state index contributed by atoms with van der Waals surface area (Å²) >= 11 is 0. The molecule has 0 unspecified atom stereocenters. The molecule has 5 heteroatoms. The minimum atomic E-state index is 0.551. The summed E-state index contributed by atoms with van der Waals surface area (Å²) in [5.41, 5.74) is 7.51. The number of methoxy groups -OCH3 is 1. The Kier molecular flexibility index (Phi) is 6.61. The number of hydrogen-bond acceptors (Lipinski definition) is 5. The molecule has 0 aliphatic heterocycles. The van der Waals surface area contributed by atoms with E-state index in [0.717, 1.165) is 27.8 Å². The Hall–Kier alpha value is -6.46. The third kappa shape index (κ3) is 4.72. The van der Waals surface area contributed by atoms with E-state index in [9.17, 15) is 0 Å². The summed E-state index contributed by atoms with van der Waals surface area (Å²) in [7, 11) is 1.73. The zero-order valence-electron chi connectivity index (χ0n) is 26.1. The van der Waals surface area contributed by atoms with Crippen LogP contribution in [0.2, 0.25) is 0 Å². The van der Waals surface area contributed by atoms with Crippen LogP contribution in [0.3, 0.4) is 0 Å². The van der Waals surface area contributed by atoms with Crippen LogP contribution in [-0.4, -0.2) is 27.0 Å². The normalized spacial score (nSPS) is 11.4. The summed E-state index contributed by atoms with van der Waals surface area (Å²) in [6.45, 7) is 0. The lowest BCUT2D eigenvalue weighted by atomic mass is 9.84. The third-order valence-electron chi connectivity index (χ3n) is 9.22. The van der Waals surface area contributed by atoms with Gasteiger partial charge in [0.05, 0.1) is 7.11 Å². The van der Waals surface area contributed by atoms with E-state index in [2.05, 4.69) is 142 Å². The number of hydrogen-bond donors (Lipinski definition) is 0. The van der Waals surface area contributed by atoms with Crippen molar-refractivity contribution >= 4 is 43.1 Å². The molecular formula is C43H28N4O. The first kappa shape index (κ1) is 27.8. The topological polar surface area (TPSA) is 60.8 Å². The van der Waals surface area contributed by atoms with Crippen LogP contribution >= 0.6 is 0 Å². The predicted octanol–water partition coefficient (Wildman–Crippen LogP) is 10.6. The van der Waals surface area contributed by atoms with Crippen LogP contribution in [0.25, 0.3) is 88.0 Å². The molecule has 0 N–H and O–H groups in total. The molecule has 9 rings (SSSR count). The lowest BCUT2D eigenvalue weighted by Gasteiger charge is -2.20. The Morgan fingerprint density at radius 1 is 0.438 bits per heavy atom. The van der Waals surface area contributed by atoms with Crippen molar-refractivity contribution in [2.75, 3.05) is 7.11 Å². The fraction of sp³-hybridized carbons (Fsp3) is 0.0233. The van der Waals surface area contributed by atoms with Crippen LogP contribution in [-0.2, 0) is 0 Å². The van der Waals surface area contributed by atoms with Crippen LogP contribution < -0.4 is 4.74 Å². The highest BCUT2D eigenvalue weighted by Gasteiger charge is 2.19. The zero-order chi connectivity index (χ0) is 32.0. The highest BCUT2D eigenvalue weighted by molar-refractivity contribution is 6.22. The highest BCUT2D eigenvalue weighted by atomic mass is 16.5. The molecule has 0 aliphatic carbocycles. The summed E-state index contributed by atoms with van der Waals surface area (Å²) in [6, 6.07) is 47.9. The Morgan fingerprint density at radius 3 is 1.60 bits per heavy atom. The summed E-state index contributed by atoms with van der Waals surface area (Å²) < 4.78 is 5.80. The van der Waals surface area contributed by atoms with Gasteiger partial charge in [0.1, 0.15) is 24.1 Å². The third-order valence-corrected chi connectivity index (χ3v) is 9.22. The summed E-state index contributed by atoms with van der Waals surface area (Å²) in [5.74, 6) is 1.38. The second-order valence-electron chi connectivity index (χ2n) is 11.9. The van der Waals surface area contributed by atoms with Crippen molar-refractivity contribution in [1.29, 1.82) is 0 Å². The van der Waals surface area contributed by atoms with Crippen molar-refractivity contribution in [3.05, 3.63) is 152 Å². The van der Waals surface area contributed by atoms with Crippen molar-refractivity contribution in [3.63, 3.8) is 0 Å². The SMILES string of the molecule is COc1ccc2c(-c3ccc4ccccc4c3)c3cc(-c4ccc(-c5ncncn5)nc4)ccc3c(-c3ccc4ccccc4c3)c2c1. The number of nitrogens with zero attached hydrogens (tertiary/aromatic N) is 4. The standard InChI is InChI=1S/C43H28N4O/c1-48-35-16-18-37-39(23-35)42(33-13-11-28-7-3-5-9-30(28)21-33)36-17-14-31(34-15-19-40(45-24-34)43-46-25-44-26-47-43)22-38(36)41(37)32-12-10-27-6-2-4-8-29(27)20-32/h2-26H,1H3. The molecule has 5 nitrogen and oxygen atoms in total. The highest BCUT2D eigenvalue weighted by Crippen LogP contribution is 2.46. The molecule has 0 amide bonds. The van der Waals surface area contributed by atoms with E-state index in [1.807, 2.05) is 12.3 Å². The maximum Gasteiger partial charge on any atom is 0.181 e. The van der Waals surface area contributed by atoms with Gasteiger partial charge in [-0.1, -0.05) is 97.1 Å². The number of pyridine rings is 1. The summed E-state index contributed by atoms with van der Waals surface area (Å²) in [6.07, 6.45) is 4.87. The van der Waals surface area contributed by atoms with Gasteiger partial charge >= 0.3 is 0 Å². The minimum absolute atomic E-state index is 0.551. The Labute approximate surface area is 277 Å². The number of rotatable bonds is 5. The second kappa shape index (κ2) is 11.4. The van der Waals surface area contributed by atoms with Crippen molar-refractivity contribution in [2.24, 2.45) is 0 Å². The predicted molar refractivity (Wildman–Crippen MR) is 196 cm³/mol. The molecule has 0 spiro atoms. The lowest BCUT2D eigenvalue weighted by Crippen LogP contribution is -1.94. The molecule has 48 heavy (non-hydrogen) atoms. The quantitative estimate of drug-likeness (QED) is 0.180. The van der Waals surface area contributed by atoms with E-state index in [0.29, 0.717) is 11.5 Å². The summed E-state index contributed by atoms with van der Waals surface area (Å²) in [5, 5.41) is 9.51. The Balaban J connectivity index is 1.35. The van der Waals surface area contributed by atoms with E-state index in [-0.39, 0.29) is 0 Å². The second-order valence-corrected chi connectivity index (χ2v) is 11.9. The van der Waals surface area contributed by atoms with Gasteiger partial charge in [-0.2, -0.15) is 0 Å². The molecule has 2 aromatic heterocycles. The fourth-order valence-electron chi connectivity index (χ4n) is 6.89. The van der Waals surface area contributed by atoms with Crippen molar-refractivity contribution in [3.8, 4) is 50.6 Å². The van der Waals surface area contributed by atoms with E-state index in [1.165, 1.54) is 67.0 Å². The van der Waals surface area contributed by atoms with E-state index in [4.69, 9.17) is 9.72 Å². The van der Waals surface area contributed by atoms with E-state index in [1.54, 1.807) is 7.11 Å². The molecule has 0 atom stereocenters. The first-order valence-electron chi connectivity index (χ1n) is 15.9. The maximum absolute atomic E-state index is 5.80. The van der Waals surface area contributed by atoms with Crippen LogP contribution in [0, 0.1) is 0 Å². The van der Waals surface area contributed by atoms with E-state index >= 15 is 0 Å². The number of ether oxygens (including phenoxy) is 1. The monoisotopic (exact) mass is 616 g/mol. The zero-order valence-corrected chi connectivity index (χ0v) is 26.1. The molecule has 2 heterocycles. The van der Waals surface area contributed by atoms with Crippen LogP contribution in [0.15, 0.2) is 152 Å². The summed E-state index contributed by atoms with van der Waals surface area (Å²) in [4.78, 5) is 17.2. The maximum atomic E-state index is 5.80. The average molecular weight is 617 g/mol. The van der Waals surface area contributed by atoms with Gasteiger partial charge in [0.25, 0.3) is 0 Å². The number of fused-ring (bicyclic) bond motifs is 4. The van der Waals surface area contributed by atoms with Crippen LogP contribution in [0.4, 0.5) is 0 Å². The smallest absolute Gasteiger partial charge is 0.181 e. The molecule has 0 bridgehead atoms. The Morgan fingerprint density at radius 2 is 1.00 bits per heavy atom. The number of aromatic nitrogens is 4.